The topological polar surface area (TPSA) is 104 Å². The number of H-pyrrole nitrogens is 2. The second-order valence-corrected chi connectivity index (χ2v) is 6.77. The zero-order valence-electron chi connectivity index (χ0n) is 15.2. The highest BCUT2D eigenvalue weighted by atomic mass is 32.2. The van der Waals surface area contributed by atoms with Crippen molar-refractivity contribution in [1.29, 1.82) is 0 Å². The predicted octanol–water partition coefficient (Wildman–Crippen LogP) is 3.82. The number of aromatic nitrogens is 5. The summed E-state index contributed by atoms with van der Waals surface area (Å²) in [6.45, 7) is 2.61. The van der Waals surface area contributed by atoms with Crippen molar-refractivity contribution in [2.75, 3.05) is 12.0 Å². The monoisotopic (exact) mass is 393 g/mol. The first kappa shape index (κ1) is 18.1. The molecule has 9 heteroatoms. The molecule has 142 valence electrons. The van der Waals surface area contributed by atoms with Crippen LogP contribution >= 0.6 is 11.8 Å². The number of rotatable bonds is 8. The first-order valence-corrected chi connectivity index (χ1v) is 9.79. The molecule has 2 aromatic heterocycles. The van der Waals surface area contributed by atoms with E-state index in [4.69, 9.17) is 4.74 Å². The standard InChI is InChI=1S/C19H19N7OS/c1-2-27-14-9-7-13(8-10-14)11-20-24-18-23-19(26-25-18)28-12-17-21-15-5-3-4-6-16(15)22-17/h3-11H,2,12H2,1H3,(H,21,22)(H2,23,24,25,26)/b20-11-. The lowest BCUT2D eigenvalue weighted by molar-refractivity contribution is 0.340. The maximum Gasteiger partial charge on any atom is 0.240 e. The Morgan fingerprint density at radius 3 is 2.82 bits per heavy atom. The van der Waals surface area contributed by atoms with Crippen LogP contribution in [0.5, 0.6) is 5.75 Å². The second-order valence-electron chi connectivity index (χ2n) is 5.83. The fraction of sp³-hybridized carbons (Fsp3) is 0.158. The summed E-state index contributed by atoms with van der Waals surface area (Å²) in [5.41, 5.74) is 5.78. The van der Waals surface area contributed by atoms with Gasteiger partial charge in [-0.1, -0.05) is 23.9 Å². The van der Waals surface area contributed by atoms with Crippen molar-refractivity contribution in [3.05, 3.63) is 59.9 Å². The number of anilines is 1. The van der Waals surface area contributed by atoms with Gasteiger partial charge in [-0.3, -0.25) is 0 Å². The molecule has 2 heterocycles. The molecule has 0 fully saturated rings. The van der Waals surface area contributed by atoms with Gasteiger partial charge in [0, 0.05) is 0 Å². The van der Waals surface area contributed by atoms with Crippen LogP contribution in [0.4, 0.5) is 5.95 Å². The maximum absolute atomic E-state index is 5.42. The van der Waals surface area contributed by atoms with E-state index in [9.17, 15) is 0 Å². The molecule has 0 unspecified atom stereocenters. The van der Waals surface area contributed by atoms with Crippen LogP contribution in [0, 0.1) is 0 Å². The summed E-state index contributed by atoms with van der Waals surface area (Å²) in [5.74, 6) is 2.86. The molecule has 0 atom stereocenters. The largest absolute Gasteiger partial charge is 0.494 e. The quantitative estimate of drug-likeness (QED) is 0.239. The number of benzene rings is 2. The van der Waals surface area contributed by atoms with Crippen LogP contribution in [0.1, 0.15) is 18.3 Å². The highest BCUT2D eigenvalue weighted by Crippen LogP contribution is 2.20. The summed E-state index contributed by atoms with van der Waals surface area (Å²) in [7, 11) is 0. The Morgan fingerprint density at radius 1 is 1.14 bits per heavy atom. The van der Waals surface area contributed by atoms with Gasteiger partial charge in [0.2, 0.25) is 11.1 Å². The number of fused-ring (bicyclic) bond motifs is 1. The van der Waals surface area contributed by atoms with Crippen LogP contribution in [0.2, 0.25) is 0 Å². The predicted molar refractivity (Wildman–Crippen MR) is 111 cm³/mol. The van der Waals surface area contributed by atoms with Gasteiger partial charge in [0.25, 0.3) is 0 Å². The number of hydrogen-bond donors (Lipinski definition) is 3. The molecule has 0 aliphatic heterocycles. The summed E-state index contributed by atoms with van der Waals surface area (Å²) in [6.07, 6.45) is 1.71. The van der Waals surface area contributed by atoms with E-state index < -0.39 is 0 Å². The van der Waals surface area contributed by atoms with Crippen LogP contribution in [0.3, 0.4) is 0 Å². The van der Waals surface area contributed by atoms with Gasteiger partial charge in [0.15, 0.2) is 0 Å². The highest BCUT2D eigenvalue weighted by molar-refractivity contribution is 7.98. The normalized spacial score (nSPS) is 11.3. The zero-order valence-corrected chi connectivity index (χ0v) is 16.0. The van der Waals surface area contributed by atoms with Gasteiger partial charge in [-0.05, 0) is 48.9 Å². The number of nitrogens with one attached hydrogen (secondary N) is 3. The van der Waals surface area contributed by atoms with Crippen LogP contribution in [-0.2, 0) is 5.75 Å². The molecule has 0 bridgehead atoms. The van der Waals surface area contributed by atoms with Crippen molar-refractivity contribution < 1.29 is 4.74 Å². The van der Waals surface area contributed by atoms with Crippen LogP contribution in [-0.4, -0.2) is 38.0 Å². The first-order valence-electron chi connectivity index (χ1n) is 8.81. The molecule has 3 N–H and O–H groups in total. The van der Waals surface area contributed by atoms with E-state index in [-0.39, 0.29) is 0 Å². The second kappa shape index (κ2) is 8.57. The number of hydrogen-bond acceptors (Lipinski definition) is 7. The number of ether oxygens (including phenoxy) is 1. The van der Waals surface area contributed by atoms with E-state index in [2.05, 4.69) is 35.7 Å². The Morgan fingerprint density at radius 2 is 2.00 bits per heavy atom. The Kier molecular flexibility index (Phi) is 5.53. The summed E-state index contributed by atoms with van der Waals surface area (Å²) < 4.78 is 5.42. The van der Waals surface area contributed by atoms with E-state index in [1.54, 1.807) is 6.21 Å². The number of thioether (sulfide) groups is 1. The Hall–Kier alpha value is -3.33. The fourth-order valence-electron chi connectivity index (χ4n) is 2.55. The van der Waals surface area contributed by atoms with Gasteiger partial charge < -0.3 is 9.72 Å². The van der Waals surface area contributed by atoms with E-state index in [0.29, 0.717) is 23.5 Å². The van der Waals surface area contributed by atoms with Gasteiger partial charge in [0.1, 0.15) is 11.6 Å². The Labute approximate surface area is 165 Å². The lowest BCUT2D eigenvalue weighted by Crippen LogP contribution is -1.94. The number of para-hydroxylation sites is 2. The molecule has 0 aliphatic rings. The molecule has 4 aromatic rings. The third kappa shape index (κ3) is 4.49. The smallest absolute Gasteiger partial charge is 0.240 e. The molecule has 0 saturated heterocycles. The zero-order chi connectivity index (χ0) is 19.2. The molecule has 0 spiro atoms. The summed E-state index contributed by atoms with van der Waals surface area (Å²) in [4.78, 5) is 12.2. The van der Waals surface area contributed by atoms with Crippen molar-refractivity contribution in [3.63, 3.8) is 0 Å². The van der Waals surface area contributed by atoms with E-state index in [1.807, 2.05) is 55.5 Å². The Balaban J connectivity index is 1.30. The van der Waals surface area contributed by atoms with Gasteiger partial charge in [-0.15, -0.1) is 5.10 Å². The molecule has 0 radical (unpaired) electrons. The van der Waals surface area contributed by atoms with Crippen molar-refractivity contribution >= 4 is 35.0 Å². The lowest BCUT2D eigenvalue weighted by atomic mass is 10.2. The SMILES string of the molecule is CCOc1ccc(/C=N\Nc2nc(SCc3nc4ccccc4[nH]3)n[nH]2)cc1. The minimum atomic E-state index is 0.481. The maximum atomic E-state index is 5.42. The number of imidazole rings is 1. The molecular formula is C19H19N7OS. The summed E-state index contributed by atoms with van der Waals surface area (Å²) >= 11 is 1.49. The number of hydrazone groups is 1. The molecule has 8 nitrogen and oxygen atoms in total. The third-order valence-corrected chi connectivity index (χ3v) is 4.68. The minimum absolute atomic E-state index is 0.481. The molecule has 2 aromatic carbocycles. The van der Waals surface area contributed by atoms with E-state index in [1.165, 1.54) is 11.8 Å². The molecule has 0 saturated carbocycles. The van der Waals surface area contributed by atoms with E-state index in [0.717, 1.165) is 28.2 Å². The molecular weight excluding hydrogens is 374 g/mol. The fourth-order valence-corrected chi connectivity index (χ4v) is 3.22. The van der Waals surface area contributed by atoms with Crippen LogP contribution in [0.15, 0.2) is 58.8 Å². The van der Waals surface area contributed by atoms with Gasteiger partial charge in [-0.2, -0.15) is 10.1 Å². The molecule has 0 amide bonds. The van der Waals surface area contributed by atoms with Crippen molar-refractivity contribution in [1.82, 2.24) is 25.1 Å². The van der Waals surface area contributed by atoms with Crippen molar-refractivity contribution in [2.45, 2.75) is 17.8 Å². The van der Waals surface area contributed by atoms with Gasteiger partial charge in [0.05, 0.1) is 29.6 Å². The van der Waals surface area contributed by atoms with Crippen molar-refractivity contribution in [3.8, 4) is 5.75 Å². The molecule has 0 aliphatic carbocycles. The van der Waals surface area contributed by atoms with E-state index >= 15 is 0 Å². The van der Waals surface area contributed by atoms with Gasteiger partial charge >= 0.3 is 0 Å². The first-order chi connectivity index (χ1) is 13.8. The average Bonchev–Trinajstić information content (AvgIpc) is 3.34. The van der Waals surface area contributed by atoms with Crippen LogP contribution < -0.4 is 10.2 Å². The molecule has 4 rings (SSSR count). The Bertz CT molecular complexity index is 1040. The minimum Gasteiger partial charge on any atom is -0.494 e. The third-order valence-electron chi connectivity index (χ3n) is 3.82. The van der Waals surface area contributed by atoms with Crippen molar-refractivity contribution in [2.24, 2.45) is 5.10 Å². The molecule has 28 heavy (non-hydrogen) atoms. The van der Waals surface area contributed by atoms with Crippen LogP contribution in [0.25, 0.3) is 11.0 Å². The number of aromatic amines is 2. The average molecular weight is 393 g/mol. The summed E-state index contributed by atoms with van der Waals surface area (Å²) in [6, 6.07) is 15.6. The van der Waals surface area contributed by atoms with Gasteiger partial charge in [-0.25, -0.2) is 15.5 Å². The highest BCUT2D eigenvalue weighted by Gasteiger charge is 2.06. The number of nitrogens with zero attached hydrogens (tertiary/aromatic N) is 4. The lowest BCUT2D eigenvalue weighted by Gasteiger charge is -2.01. The summed E-state index contributed by atoms with van der Waals surface area (Å²) in [5, 5.41) is 11.8.